The quantitative estimate of drug-likeness (QED) is 0.387. The van der Waals surface area contributed by atoms with Crippen molar-refractivity contribution in [1.82, 2.24) is 39.9 Å². The topological polar surface area (TPSA) is 92.9 Å². The Kier molecular flexibility index (Phi) is 6.67. The van der Waals surface area contributed by atoms with Crippen LogP contribution in [0.15, 0.2) is 54.9 Å². The molecular weight excluding hydrogens is 450 g/mol. The van der Waals surface area contributed by atoms with E-state index in [2.05, 4.69) is 60.6 Å². The number of aromatic amines is 2. The zero-order valence-electron chi connectivity index (χ0n) is 21.4. The van der Waals surface area contributed by atoms with Gasteiger partial charge in [0, 0.05) is 32.7 Å². The van der Waals surface area contributed by atoms with Crippen LogP contribution in [0.5, 0.6) is 0 Å². The fourth-order valence-electron chi connectivity index (χ4n) is 4.57. The first-order chi connectivity index (χ1) is 17.5. The van der Waals surface area contributed by atoms with Crippen molar-refractivity contribution in [3.05, 3.63) is 60.6 Å². The van der Waals surface area contributed by atoms with Crippen LogP contribution in [0.4, 0.5) is 5.69 Å². The minimum Gasteiger partial charge on any atom is -0.366 e. The molecule has 2 N–H and O–H groups in total. The zero-order chi connectivity index (χ0) is 25.2. The number of pyridine rings is 2. The molecule has 0 spiro atoms. The van der Waals surface area contributed by atoms with Gasteiger partial charge in [-0.2, -0.15) is 5.10 Å². The van der Waals surface area contributed by atoms with Crippen LogP contribution in [-0.4, -0.2) is 93.8 Å². The Bertz CT molecular complexity index is 1450. The van der Waals surface area contributed by atoms with Gasteiger partial charge < -0.3 is 19.7 Å². The van der Waals surface area contributed by atoms with E-state index >= 15 is 0 Å². The normalized spacial score (nSPS) is 16.0. The second kappa shape index (κ2) is 10.0. The molecular formula is C27H33N9. The van der Waals surface area contributed by atoms with Crippen molar-refractivity contribution in [3.63, 3.8) is 0 Å². The molecule has 4 aromatic heterocycles. The molecule has 9 nitrogen and oxygen atoms in total. The van der Waals surface area contributed by atoms with Crippen LogP contribution in [0.3, 0.4) is 0 Å². The molecule has 0 bridgehead atoms. The minimum atomic E-state index is 0.682. The summed E-state index contributed by atoms with van der Waals surface area (Å²) in [7, 11) is 6.25. The largest absolute Gasteiger partial charge is 0.366 e. The molecule has 1 saturated heterocycles. The fourth-order valence-corrected chi connectivity index (χ4v) is 4.57. The van der Waals surface area contributed by atoms with Crippen molar-refractivity contribution in [1.29, 1.82) is 0 Å². The number of allylic oxidation sites excluding steroid dienone is 3. The van der Waals surface area contributed by atoms with Gasteiger partial charge in [0.25, 0.3) is 0 Å². The van der Waals surface area contributed by atoms with Crippen LogP contribution in [0.25, 0.3) is 39.2 Å². The highest BCUT2D eigenvalue weighted by molar-refractivity contribution is 5.94. The lowest BCUT2D eigenvalue weighted by Crippen LogP contribution is -2.44. The molecule has 36 heavy (non-hydrogen) atoms. The molecule has 0 atom stereocenters. The van der Waals surface area contributed by atoms with Crippen molar-refractivity contribution in [2.75, 3.05) is 58.8 Å². The van der Waals surface area contributed by atoms with E-state index in [0.29, 0.717) is 11.5 Å². The lowest BCUT2D eigenvalue weighted by atomic mass is 10.1. The molecule has 4 aromatic rings. The Labute approximate surface area is 211 Å². The third-order valence-electron chi connectivity index (χ3n) is 6.56. The molecule has 1 aliphatic rings. The average Bonchev–Trinajstić information content (AvgIpc) is 3.50. The van der Waals surface area contributed by atoms with Crippen LogP contribution in [0, 0.1) is 0 Å². The molecule has 0 aliphatic carbocycles. The van der Waals surface area contributed by atoms with Crippen LogP contribution in [0.1, 0.15) is 12.6 Å². The minimum absolute atomic E-state index is 0.682. The van der Waals surface area contributed by atoms with Crippen LogP contribution in [0.2, 0.25) is 0 Å². The van der Waals surface area contributed by atoms with E-state index in [0.717, 1.165) is 77.3 Å². The Morgan fingerprint density at radius 2 is 1.89 bits per heavy atom. The summed E-state index contributed by atoms with van der Waals surface area (Å²) in [4.78, 5) is 24.7. The van der Waals surface area contributed by atoms with Gasteiger partial charge in [-0.1, -0.05) is 18.7 Å². The maximum absolute atomic E-state index is 4.99. The van der Waals surface area contributed by atoms with Gasteiger partial charge in [-0.15, -0.1) is 0 Å². The van der Waals surface area contributed by atoms with Crippen molar-refractivity contribution in [2.45, 2.75) is 6.92 Å². The van der Waals surface area contributed by atoms with Gasteiger partial charge in [0.2, 0.25) is 0 Å². The van der Waals surface area contributed by atoms with Crippen molar-refractivity contribution in [3.8, 4) is 11.5 Å². The number of anilines is 1. The highest BCUT2D eigenvalue weighted by Gasteiger charge is 2.21. The maximum Gasteiger partial charge on any atom is 0.161 e. The lowest BCUT2D eigenvalue weighted by Gasteiger charge is -2.33. The first-order valence-electron chi connectivity index (χ1n) is 12.2. The van der Waals surface area contributed by atoms with Gasteiger partial charge in [-0.25, -0.2) is 9.97 Å². The van der Waals surface area contributed by atoms with E-state index in [1.165, 1.54) is 0 Å². The molecule has 5 rings (SSSR count). The summed E-state index contributed by atoms with van der Waals surface area (Å²) in [6, 6.07) is 4.03. The smallest absolute Gasteiger partial charge is 0.161 e. The van der Waals surface area contributed by atoms with Crippen molar-refractivity contribution in [2.24, 2.45) is 0 Å². The fraction of sp³-hybridized carbons (Fsp3) is 0.333. The van der Waals surface area contributed by atoms with Crippen LogP contribution in [-0.2, 0) is 0 Å². The molecule has 186 valence electrons. The summed E-state index contributed by atoms with van der Waals surface area (Å²) in [5.41, 5.74) is 8.24. The molecule has 0 amide bonds. The molecule has 0 saturated carbocycles. The summed E-state index contributed by atoms with van der Waals surface area (Å²) in [6.07, 6.45) is 9.83. The van der Waals surface area contributed by atoms with E-state index < -0.39 is 0 Å². The van der Waals surface area contributed by atoms with Gasteiger partial charge in [0.1, 0.15) is 11.0 Å². The Balaban J connectivity index is 1.53. The van der Waals surface area contributed by atoms with Crippen molar-refractivity contribution >= 4 is 33.3 Å². The Morgan fingerprint density at radius 3 is 2.61 bits per heavy atom. The number of hydrogen-bond donors (Lipinski definition) is 2. The number of imidazole rings is 1. The number of nitrogens with zero attached hydrogens (tertiary/aromatic N) is 7. The van der Waals surface area contributed by atoms with Crippen LogP contribution < -0.4 is 4.90 Å². The molecule has 0 unspecified atom stereocenters. The highest BCUT2D eigenvalue weighted by atomic mass is 15.3. The summed E-state index contributed by atoms with van der Waals surface area (Å²) in [5, 5.41) is 7.69. The number of H-pyrrole nitrogens is 2. The molecule has 1 aliphatic heterocycles. The monoisotopic (exact) mass is 483 g/mol. The van der Waals surface area contributed by atoms with E-state index in [1.807, 2.05) is 51.6 Å². The summed E-state index contributed by atoms with van der Waals surface area (Å²) in [6.45, 7) is 10.8. The van der Waals surface area contributed by atoms with Gasteiger partial charge in [-0.05, 0) is 57.4 Å². The summed E-state index contributed by atoms with van der Waals surface area (Å²) in [5.74, 6) is 0.682. The first-order valence-corrected chi connectivity index (χ1v) is 12.2. The summed E-state index contributed by atoms with van der Waals surface area (Å²) >= 11 is 0. The predicted molar refractivity (Wildman–Crippen MR) is 147 cm³/mol. The maximum atomic E-state index is 4.99. The van der Waals surface area contributed by atoms with Crippen LogP contribution >= 0.6 is 0 Å². The molecule has 0 aromatic carbocycles. The molecule has 1 fully saturated rings. The van der Waals surface area contributed by atoms with E-state index in [9.17, 15) is 0 Å². The Morgan fingerprint density at radius 1 is 1.08 bits per heavy atom. The molecule has 9 heteroatoms. The number of rotatable bonds is 7. The van der Waals surface area contributed by atoms with Gasteiger partial charge in [-0.3, -0.25) is 10.1 Å². The predicted octanol–water partition coefficient (Wildman–Crippen LogP) is 3.73. The molecule has 5 heterocycles. The van der Waals surface area contributed by atoms with Crippen molar-refractivity contribution < 1.29 is 0 Å². The third kappa shape index (κ3) is 4.67. The van der Waals surface area contributed by atoms with Gasteiger partial charge >= 0.3 is 0 Å². The Hall–Kier alpha value is -3.82. The lowest BCUT2D eigenvalue weighted by molar-refractivity contribution is 0.313. The zero-order valence-corrected chi connectivity index (χ0v) is 21.4. The second-order valence-electron chi connectivity index (χ2n) is 9.50. The standard InChI is InChI=1S/C27H33N9/c1-6-18(17-34(3)4)14-19(7-2)20-8-9-21-25(29-20)26(33-32-21)27-30-22-15-28-16-23(24(22)31-27)36-12-10-35(5)11-13-36/h6-9,14-16H,1,10-13,17H2,2-5H3,(H,30,31)(H,32,33)/b18-14+,19-7+. The van der Waals surface area contributed by atoms with Gasteiger partial charge in [0.15, 0.2) is 11.5 Å². The number of hydrogen-bond acceptors (Lipinski definition) is 7. The van der Waals surface area contributed by atoms with E-state index in [1.54, 1.807) is 0 Å². The number of fused-ring (bicyclic) bond motifs is 2. The number of nitrogens with one attached hydrogen (secondary N) is 2. The number of aromatic nitrogens is 6. The number of likely N-dealkylation sites (N-methyl/N-ethyl adjacent to an activating group) is 2. The SMILES string of the molecule is C=C/C(=C\C(=C/C)c1ccc2[nH]nc(-c3nc4c(N5CCN(C)CC5)cncc4[nH]3)c2n1)CN(C)C. The first kappa shape index (κ1) is 23.9. The highest BCUT2D eigenvalue weighted by Crippen LogP contribution is 2.30. The van der Waals surface area contributed by atoms with E-state index in [-0.39, 0.29) is 0 Å². The summed E-state index contributed by atoms with van der Waals surface area (Å²) < 4.78 is 0. The molecule has 0 radical (unpaired) electrons. The van der Waals surface area contributed by atoms with Gasteiger partial charge in [0.05, 0.1) is 34.8 Å². The number of piperazine rings is 1. The third-order valence-corrected chi connectivity index (χ3v) is 6.56. The average molecular weight is 484 g/mol. The van der Waals surface area contributed by atoms with E-state index in [4.69, 9.17) is 9.97 Å². The second-order valence-corrected chi connectivity index (χ2v) is 9.50.